The fourth-order valence-electron chi connectivity index (χ4n) is 4.10. The van der Waals surface area contributed by atoms with Gasteiger partial charge < -0.3 is 19.7 Å². The Morgan fingerprint density at radius 2 is 2.08 bits per heavy atom. The van der Waals surface area contributed by atoms with Gasteiger partial charge in [0.05, 0.1) is 0 Å². The number of amides is 1. The smallest absolute Gasteiger partial charge is 0.407 e. The fraction of sp³-hybridized carbons (Fsp3) is 0.778. The van der Waals surface area contributed by atoms with Gasteiger partial charge in [-0.25, -0.2) is 9.78 Å². The summed E-state index contributed by atoms with van der Waals surface area (Å²) in [6.07, 6.45) is 5.72. The van der Waals surface area contributed by atoms with E-state index in [1.54, 1.807) is 6.20 Å². The highest BCUT2D eigenvalue weighted by Gasteiger charge is 2.58. The maximum atomic E-state index is 12.0. The first kappa shape index (κ1) is 17.3. The van der Waals surface area contributed by atoms with Gasteiger partial charge >= 0.3 is 6.09 Å². The van der Waals surface area contributed by atoms with Crippen LogP contribution in [0.5, 0.6) is 0 Å². The number of hydrogen-bond acceptors (Lipinski definition) is 4. The van der Waals surface area contributed by atoms with Crippen LogP contribution in [0.2, 0.25) is 0 Å². The first-order valence-corrected chi connectivity index (χ1v) is 8.83. The zero-order chi connectivity index (χ0) is 17.7. The van der Waals surface area contributed by atoms with Gasteiger partial charge in [0.15, 0.2) is 0 Å². The third-order valence-corrected chi connectivity index (χ3v) is 5.23. The van der Waals surface area contributed by atoms with Gasteiger partial charge in [-0.15, -0.1) is 0 Å². The number of alkyl carbamates (subject to hydrolysis) is 1. The molecule has 1 unspecified atom stereocenters. The van der Waals surface area contributed by atoms with Crippen molar-refractivity contribution in [2.75, 3.05) is 0 Å². The van der Waals surface area contributed by atoms with E-state index >= 15 is 0 Å². The number of ether oxygens (including phenoxy) is 1. The van der Waals surface area contributed by atoms with E-state index in [-0.39, 0.29) is 23.6 Å². The highest BCUT2D eigenvalue weighted by molar-refractivity contribution is 5.68. The van der Waals surface area contributed by atoms with Crippen LogP contribution in [0.3, 0.4) is 0 Å². The first-order valence-electron chi connectivity index (χ1n) is 8.83. The maximum Gasteiger partial charge on any atom is 0.407 e. The van der Waals surface area contributed by atoms with Crippen molar-refractivity contribution in [2.24, 2.45) is 11.8 Å². The van der Waals surface area contributed by atoms with Crippen molar-refractivity contribution in [3.8, 4) is 0 Å². The lowest BCUT2D eigenvalue weighted by molar-refractivity contribution is 0.0491. The number of aliphatic hydroxyl groups is 1. The van der Waals surface area contributed by atoms with Crippen LogP contribution in [0.4, 0.5) is 4.79 Å². The average Bonchev–Trinajstić information content (AvgIpc) is 3.05. The van der Waals surface area contributed by atoms with Gasteiger partial charge in [-0.2, -0.15) is 0 Å². The van der Waals surface area contributed by atoms with Crippen LogP contribution >= 0.6 is 0 Å². The summed E-state index contributed by atoms with van der Waals surface area (Å²) >= 11 is 0. The zero-order valence-electron chi connectivity index (χ0n) is 15.2. The largest absolute Gasteiger partial charge is 0.444 e. The van der Waals surface area contributed by atoms with Gasteiger partial charge in [-0.05, 0) is 51.9 Å². The second kappa shape index (κ2) is 5.76. The van der Waals surface area contributed by atoms with Gasteiger partial charge in [-0.1, -0.05) is 13.8 Å². The minimum absolute atomic E-state index is 0.0218. The summed E-state index contributed by atoms with van der Waals surface area (Å²) < 4.78 is 7.52. The van der Waals surface area contributed by atoms with E-state index in [1.165, 1.54) is 0 Å². The molecule has 134 valence electrons. The molecule has 3 aliphatic rings. The number of rotatable bonds is 4. The van der Waals surface area contributed by atoms with Crippen molar-refractivity contribution in [1.82, 2.24) is 14.9 Å². The molecule has 4 rings (SSSR count). The molecule has 0 radical (unpaired) electrons. The molecule has 0 saturated heterocycles. The van der Waals surface area contributed by atoms with Gasteiger partial charge in [-0.3, -0.25) is 0 Å². The summed E-state index contributed by atoms with van der Waals surface area (Å²) in [5.41, 5.74) is -0.506. The third kappa shape index (κ3) is 3.04. The third-order valence-electron chi connectivity index (χ3n) is 5.23. The molecule has 0 spiro atoms. The maximum absolute atomic E-state index is 12.0. The predicted octanol–water partition coefficient (Wildman–Crippen LogP) is 2.97. The van der Waals surface area contributed by atoms with Gasteiger partial charge in [0.1, 0.15) is 17.5 Å². The molecule has 1 heterocycles. The Morgan fingerprint density at radius 1 is 1.42 bits per heavy atom. The average molecular weight is 335 g/mol. The van der Waals surface area contributed by atoms with Crippen LogP contribution in [0, 0.1) is 11.8 Å². The Hall–Kier alpha value is -1.56. The number of carbonyl (C=O) groups excluding carboxylic acids is 1. The van der Waals surface area contributed by atoms with E-state index in [4.69, 9.17) is 4.74 Å². The molecule has 1 amide bonds. The second-order valence-corrected chi connectivity index (χ2v) is 8.69. The summed E-state index contributed by atoms with van der Waals surface area (Å²) in [6, 6.07) is 0.131. The molecule has 3 fully saturated rings. The number of aromatic nitrogens is 2. The summed E-state index contributed by atoms with van der Waals surface area (Å²) in [5, 5.41) is 13.5. The van der Waals surface area contributed by atoms with Gasteiger partial charge in [0, 0.05) is 24.0 Å². The summed E-state index contributed by atoms with van der Waals surface area (Å²) in [7, 11) is 0. The highest BCUT2D eigenvalue weighted by Crippen LogP contribution is 2.57. The monoisotopic (exact) mass is 335 g/mol. The number of fused-ring (bicyclic) bond motifs is 1. The van der Waals surface area contributed by atoms with E-state index in [1.807, 2.05) is 40.8 Å². The summed E-state index contributed by atoms with van der Waals surface area (Å²) in [4.78, 5) is 16.4. The van der Waals surface area contributed by atoms with Crippen molar-refractivity contribution < 1.29 is 14.6 Å². The normalized spacial score (nSPS) is 30.1. The SMILES string of the molecule is CC(C)C(O)c1nccn1C12CC(C1)[C@@H](NC(=O)OC(C)(C)C)C2. The number of hydrogen-bond donors (Lipinski definition) is 2. The standard InChI is InChI=1S/C18H29N3O3/c1-11(2)14(22)15-19-6-7-21(15)18-8-12(9-18)13(10-18)20-16(23)24-17(3,4)5/h6-7,11-14,22H,8-10H2,1-5H3,(H,20,23)/t12?,13-,14?,18?/m0/s1. The van der Waals surface area contributed by atoms with Gasteiger partial charge in [0.25, 0.3) is 0 Å². The summed E-state index contributed by atoms with van der Waals surface area (Å²) in [5.74, 6) is 1.33. The van der Waals surface area contributed by atoms with Crippen LogP contribution in [0.25, 0.3) is 0 Å². The van der Waals surface area contributed by atoms with Crippen LogP contribution in [0.15, 0.2) is 12.4 Å². The van der Waals surface area contributed by atoms with E-state index < -0.39 is 11.7 Å². The molecule has 3 saturated carbocycles. The van der Waals surface area contributed by atoms with Crippen molar-refractivity contribution in [3.63, 3.8) is 0 Å². The number of imidazole rings is 1. The lowest BCUT2D eigenvalue weighted by Gasteiger charge is -2.41. The molecule has 6 nitrogen and oxygen atoms in total. The molecule has 0 aliphatic heterocycles. The molecule has 2 bridgehead atoms. The van der Waals surface area contributed by atoms with Gasteiger partial charge in [0.2, 0.25) is 0 Å². The molecule has 2 N–H and O–H groups in total. The fourth-order valence-corrected chi connectivity index (χ4v) is 4.10. The summed E-state index contributed by atoms with van der Waals surface area (Å²) in [6.45, 7) is 9.59. The van der Waals surface area contributed by atoms with Crippen LogP contribution in [-0.4, -0.2) is 32.4 Å². The second-order valence-electron chi connectivity index (χ2n) is 8.69. The number of nitrogens with zero attached hydrogens (tertiary/aromatic N) is 2. The topological polar surface area (TPSA) is 76.4 Å². The van der Waals surface area contributed by atoms with Crippen molar-refractivity contribution in [3.05, 3.63) is 18.2 Å². The number of aliphatic hydroxyl groups excluding tert-OH is 1. The molecular formula is C18H29N3O3. The molecule has 2 atom stereocenters. The molecule has 24 heavy (non-hydrogen) atoms. The molecule has 0 aromatic carbocycles. The Kier molecular flexibility index (Phi) is 4.14. The first-order chi connectivity index (χ1) is 11.1. The lowest BCUT2D eigenvalue weighted by atomic mass is 9.76. The Balaban J connectivity index is 1.69. The number of carbonyl (C=O) groups is 1. The van der Waals surface area contributed by atoms with Crippen LogP contribution in [0.1, 0.15) is 65.8 Å². The molecular weight excluding hydrogens is 306 g/mol. The molecule has 1 aromatic heterocycles. The Labute approximate surface area is 143 Å². The lowest BCUT2D eigenvalue weighted by Crippen LogP contribution is -2.42. The zero-order valence-corrected chi connectivity index (χ0v) is 15.2. The Morgan fingerprint density at radius 3 is 2.67 bits per heavy atom. The number of nitrogens with one attached hydrogen (secondary N) is 1. The minimum Gasteiger partial charge on any atom is -0.444 e. The predicted molar refractivity (Wildman–Crippen MR) is 90.5 cm³/mol. The molecule has 3 aliphatic carbocycles. The van der Waals surface area contributed by atoms with E-state index in [0.29, 0.717) is 5.92 Å². The van der Waals surface area contributed by atoms with E-state index in [9.17, 15) is 9.90 Å². The van der Waals surface area contributed by atoms with Crippen molar-refractivity contribution >= 4 is 6.09 Å². The van der Waals surface area contributed by atoms with E-state index in [0.717, 1.165) is 25.1 Å². The molecule has 6 heteroatoms. The van der Waals surface area contributed by atoms with Crippen molar-refractivity contribution in [2.45, 2.75) is 77.2 Å². The Bertz CT molecular complexity index is 611. The molecule has 1 aromatic rings. The minimum atomic E-state index is -0.564. The quantitative estimate of drug-likeness (QED) is 0.887. The highest BCUT2D eigenvalue weighted by atomic mass is 16.6. The van der Waals surface area contributed by atoms with Crippen molar-refractivity contribution in [1.29, 1.82) is 0 Å². The van der Waals surface area contributed by atoms with Crippen LogP contribution in [-0.2, 0) is 10.3 Å². The van der Waals surface area contributed by atoms with E-state index in [2.05, 4.69) is 14.9 Å². The van der Waals surface area contributed by atoms with Crippen LogP contribution < -0.4 is 5.32 Å².